The molecule has 2 aromatic rings. The molecule has 4 heteroatoms. The Kier molecular flexibility index (Phi) is 7.83. The topological polar surface area (TPSA) is 38.3 Å². The van der Waals surface area contributed by atoms with Crippen molar-refractivity contribution in [3.8, 4) is 5.75 Å². The number of aryl methyl sites for hydroxylation is 1. The summed E-state index contributed by atoms with van der Waals surface area (Å²) in [6.07, 6.45) is 4.33. The van der Waals surface area contributed by atoms with E-state index in [1.807, 2.05) is 24.3 Å². The van der Waals surface area contributed by atoms with E-state index in [4.69, 9.17) is 4.74 Å². The van der Waals surface area contributed by atoms with Gasteiger partial charge in [0, 0.05) is 17.4 Å². The average Bonchev–Trinajstić information content (AvgIpc) is 2.60. The lowest BCUT2D eigenvalue weighted by atomic mass is 10.1. The fourth-order valence-electron chi connectivity index (χ4n) is 2.60. The Morgan fingerprint density at radius 1 is 1.04 bits per heavy atom. The van der Waals surface area contributed by atoms with Crippen molar-refractivity contribution in [2.24, 2.45) is 0 Å². The number of hydrogen-bond acceptors (Lipinski definition) is 2. The number of ether oxygens (including phenoxy) is 1. The zero-order chi connectivity index (χ0) is 17.2. The number of methoxy groups -OCH3 is 1. The Morgan fingerprint density at radius 2 is 1.79 bits per heavy atom. The van der Waals surface area contributed by atoms with Gasteiger partial charge in [-0.2, -0.15) is 0 Å². The predicted octanol–water partition coefficient (Wildman–Crippen LogP) is 4.53. The highest BCUT2D eigenvalue weighted by molar-refractivity contribution is 9.10. The Morgan fingerprint density at radius 3 is 2.54 bits per heavy atom. The van der Waals surface area contributed by atoms with Gasteiger partial charge in [0.2, 0.25) is 5.91 Å². The molecule has 3 nitrogen and oxygen atoms in total. The second kappa shape index (κ2) is 10.1. The van der Waals surface area contributed by atoms with Crippen LogP contribution in [0.5, 0.6) is 5.75 Å². The number of amides is 1. The Bertz CT molecular complexity index is 640. The molecule has 0 atom stereocenters. The van der Waals surface area contributed by atoms with Crippen molar-refractivity contribution in [1.29, 1.82) is 0 Å². The van der Waals surface area contributed by atoms with Crippen molar-refractivity contribution < 1.29 is 9.53 Å². The number of hydrogen-bond donors (Lipinski definition) is 1. The van der Waals surface area contributed by atoms with Crippen LogP contribution in [0.2, 0.25) is 0 Å². The van der Waals surface area contributed by atoms with Crippen LogP contribution in [0.3, 0.4) is 0 Å². The third-order valence-corrected chi connectivity index (χ3v) is 4.47. The first-order valence-electron chi connectivity index (χ1n) is 8.32. The van der Waals surface area contributed by atoms with E-state index >= 15 is 0 Å². The minimum atomic E-state index is 0.126. The van der Waals surface area contributed by atoms with E-state index < -0.39 is 0 Å². The molecule has 0 aliphatic carbocycles. The van der Waals surface area contributed by atoms with Gasteiger partial charge in [0.25, 0.3) is 0 Å². The summed E-state index contributed by atoms with van der Waals surface area (Å²) in [6.45, 7) is 0.645. The first-order chi connectivity index (χ1) is 11.7. The number of carbonyl (C=O) groups excluding carboxylic acids is 1. The molecule has 2 rings (SSSR count). The SMILES string of the molecule is COc1ccccc1CCNC(=O)CCCCc1ccc(Br)cc1. The monoisotopic (exact) mass is 389 g/mol. The third kappa shape index (κ3) is 6.36. The molecule has 1 N–H and O–H groups in total. The molecule has 1 amide bonds. The molecule has 0 saturated carbocycles. The summed E-state index contributed by atoms with van der Waals surface area (Å²) in [5, 5.41) is 2.99. The van der Waals surface area contributed by atoms with E-state index in [1.165, 1.54) is 5.56 Å². The van der Waals surface area contributed by atoms with Gasteiger partial charge in [-0.3, -0.25) is 4.79 Å². The fourth-order valence-corrected chi connectivity index (χ4v) is 2.86. The average molecular weight is 390 g/mol. The number of carbonyl (C=O) groups is 1. The highest BCUT2D eigenvalue weighted by atomic mass is 79.9. The summed E-state index contributed by atoms with van der Waals surface area (Å²) in [7, 11) is 1.67. The summed E-state index contributed by atoms with van der Waals surface area (Å²) in [5.41, 5.74) is 2.44. The van der Waals surface area contributed by atoms with Crippen molar-refractivity contribution >= 4 is 21.8 Å². The van der Waals surface area contributed by atoms with Gasteiger partial charge >= 0.3 is 0 Å². The first kappa shape index (κ1) is 18.5. The van der Waals surface area contributed by atoms with Crippen LogP contribution in [-0.2, 0) is 17.6 Å². The van der Waals surface area contributed by atoms with Gasteiger partial charge in [-0.15, -0.1) is 0 Å². The summed E-state index contributed by atoms with van der Waals surface area (Å²) in [5.74, 6) is 1.00. The molecule has 0 aliphatic rings. The van der Waals surface area contributed by atoms with Crippen LogP contribution in [0.25, 0.3) is 0 Å². The minimum absolute atomic E-state index is 0.126. The van der Waals surface area contributed by atoms with Crippen LogP contribution < -0.4 is 10.1 Å². The number of unbranched alkanes of at least 4 members (excludes halogenated alkanes) is 1. The smallest absolute Gasteiger partial charge is 0.220 e. The van der Waals surface area contributed by atoms with E-state index in [1.54, 1.807) is 7.11 Å². The van der Waals surface area contributed by atoms with Crippen LogP contribution >= 0.6 is 15.9 Å². The molecule has 128 valence electrons. The largest absolute Gasteiger partial charge is 0.496 e. The van der Waals surface area contributed by atoms with Crippen molar-refractivity contribution in [2.75, 3.05) is 13.7 Å². The van der Waals surface area contributed by atoms with Gasteiger partial charge in [0.05, 0.1) is 7.11 Å². The highest BCUT2D eigenvalue weighted by Crippen LogP contribution is 2.17. The number of benzene rings is 2. The molecule has 24 heavy (non-hydrogen) atoms. The molecule has 0 saturated heterocycles. The molecular formula is C20H24BrNO2. The molecule has 0 fully saturated rings. The lowest BCUT2D eigenvalue weighted by molar-refractivity contribution is -0.121. The normalized spacial score (nSPS) is 10.4. The number of para-hydroxylation sites is 1. The number of nitrogens with one attached hydrogen (secondary N) is 1. The first-order valence-corrected chi connectivity index (χ1v) is 9.11. The van der Waals surface area contributed by atoms with E-state index in [-0.39, 0.29) is 5.91 Å². The van der Waals surface area contributed by atoms with Crippen molar-refractivity contribution in [1.82, 2.24) is 5.32 Å². The lowest BCUT2D eigenvalue weighted by Crippen LogP contribution is -2.25. The molecule has 0 unspecified atom stereocenters. The van der Waals surface area contributed by atoms with E-state index in [0.29, 0.717) is 13.0 Å². The third-order valence-electron chi connectivity index (χ3n) is 3.94. The van der Waals surface area contributed by atoms with Gasteiger partial charge in [-0.1, -0.05) is 46.3 Å². The van der Waals surface area contributed by atoms with Gasteiger partial charge in [-0.05, 0) is 55.0 Å². The summed E-state index contributed by atoms with van der Waals surface area (Å²) in [4.78, 5) is 11.9. The predicted molar refractivity (Wildman–Crippen MR) is 101 cm³/mol. The van der Waals surface area contributed by atoms with Crippen LogP contribution in [0.4, 0.5) is 0 Å². The zero-order valence-corrected chi connectivity index (χ0v) is 15.6. The summed E-state index contributed by atoms with van der Waals surface area (Å²) >= 11 is 3.44. The van der Waals surface area contributed by atoms with E-state index in [9.17, 15) is 4.79 Å². The van der Waals surface area contributed by atoms with Crippen LogP contribution in [0.15, 0.2) is 53.0 Å². The Hall–Kier alpha value is -1.81. The summed E-state index contributed by atoms with van der Waals surface area (Å²) in [6, 6.07) is 16.3. The van der Waals surface area contributed by atoms with E-state index in [0.717, 1.165) is 41.5 Å². The van der Waals surface area contributed by atoms with Gasteiger partial charge < -0.3 is 10.1 Å². The van der Waals surface area contributed by atoms with Crippen molar-refractivity contribution in [3.05, 3.63) is 64.1 Å². The van der Waals surface area contributed by atoms with Crippen LogP contribution in [-0.4, -0.2) is 19.6 Å². The van der Waals surface area contributed by atoms with Crippen LogP contribution in [0, 0.1) is 0 Å². The molecule has 0 radical (unpaired) electrons. The molecule has 0 aliphatic heterocycles. The standard InChI is InChI=1S/C20H24BrNO2/c1-24-19-8-4-3-7-17(19)14-15-22-20(23)9-5-2-6-16-10-12-18(21)13-11-16/h3-4,7-8,10-13H,2,5-6,9,14-15H2,1H3,(H,22,23). The van der Waals surface area contributed by atoms with E-state index in [2.05, 4.69) is 45.5 Å². The second-order valence-electron chi connectivity index (χ2n) is 5.75. The molecule has 0 bridgehead atoms. The number of halogens is 1. The quantitative estimate of drug-likeness (QED) is 0.639. The fraction of sp³-hybridized carbons (Fsp3) is 0.350. The molecule has 0 spiro atoms. The maximum absolute atomic E-state index is 11.9. The zero-order valence-electron chi connectivity index (χ0n) is 14.1. The van der Waals surface area contributed by atoms with Crippen molar-refractivity contribution in [2.45, 2.75) is 32.1 Å². The van der Waals surface area contributed by atoms with Gasteiger partial charge in [-0.25, -0.2) is 0 Å². The molecule has 0 heterocycles. The van der Waals surface area contributed by atoms with Gasteiger partial charge in [0.1, 0.15) is 5.75 Å². The van der Waals surface area contributed by atoms with Crippen LogP contribution in [0.1, 0.15) is 30.4 Å². The lowest BCUT2D eigenvalue weighted by Gasteiger charge is -2.09. The van der Waals surface area contributed by atoms with Crippen molar-refractivity contribution in [3.63, 3.8) is 0 Å². The molecule has 2 aromatic carbocycles. The van der Waals surface area contributed by atoms with Gasteiger partial charge in [0.15, 0.2) is 0 Å². The second-order valence-corrected chi connectivity index (χ2v) is 6.66. The Balaban J connectivity index is 1.60. The minimum Gasteiger partial charge on any atom is -0.496 e. The molecular weight excluding hydrogens is 366 g/mol. The highest BCUT2D eigenvalue weighted by Gasteiger charge is 2.04. The maximum Gasteiger partial charge on any atom is 0.220 e. The summed E-state index contributed by atoms with van der Waals surface area (Å²) < 4.78 is 6.41. The Labute approximate surface area is 152 Å². The molecule has 0 aromatic heterocycles. The maximum atomic E-state index is 11.9. The number of rotatable bonds is 9.